The summed E-state index contributed by atoms with van der Waals surface area (Å²) in [4.78, 5) is 81.9. The number of aromatic nitrogens is 2. The third kappa shape index (κ3) is 9.09. The first-order valence-electron chi connectivity index (χ1n) is 16.7. The van der Waals surface area contributed by atoms with E-state index in [1.807, 2.05) is 0 Å². The molecule has 3 fully saturated rings. The van der Waals surface area contributed by atoms with Crippen LogP contribution in [-0.4, -0.2) is 147 Å². The number of nitrogens with zero attached hydrogens (tertiary/aromatic N) is 6. The number of carboxylic acids is 1. The summed E-state index contributed by atoms with van der Waals surface area (Å²) in [7, 11) is 1.53. The second-order valence-corrected chi connectivity index (χ2v) is 12.7. The van der Waals surface area contributed by atoms with Crippen LogP contribution in [0.25, 0.3) is 5.69 Å². The second-order valence-electron chi connectivity index (χ2n) is 12.7. The van der Waals surface area contributed by atoms with Gasteiger partial charge in [0, 0.05) is 58.2 Å². The van der Waals surface area contributed by atoms with Crippen LogP contribution in [-0.2, 0) is 23.9 Å². The number of likely N-dealkylation sites (tertiary alicyclic amines) is 1. The fourth-order valence-corrected chi connectivity index (χ4v) is 6.03. The van der Waals surface area contributed by atoms with Crippen molar-refractivity contribution in [1.29, 1.82) is 0 Å². The van der Waals surface area contributed by atoms with Gasteiger partial charge in [-0.2, -0.15) is 5.10 Å². The SMILES string of the molecule is CCOC(=O)N1CCN(C(=O)[C@H](CCC(=O)O)NC(=O)c2cc(OCC(=O)N3CC(F)(F)C[C@H]3C(=O)N(C)C3CC3)n(-c3ccccc3)n2)CC1. The molecule has 2 N–H and O–H groups in total. The first-order valence-corrected chi connectivity index (χ1v) is 16.7. The molecule has 1 aliphatic carbocycles. The molecule has 5 amide bonds. The van der Waals surface area contributed by atoms with Gasteiger partial charge in [-0.25, -0.2) is 18.3 Å². The van der Waals surface area contributed by atoms with E-state index >= 15 is 0 Å². The standard InChI is InChI=1S/C33H41F2N7O9/c1-3-50-32(49)40-15-13-39(14-16-40)30(47)23(11-12-28(44)45)36-29(46)24-17-27(42(37-24)22-7-5-4-6-8-22)51-19-26(43)41-20-33(34,35)18-25(41)31(48)38(2)21-9-10-21/h4-8,17,21,23,25H,3,9-16,18-20H2,1-2H3,(H,36,46)(H,44,45)/t23-,25-/m0/s1. The van der Waals surface area contributed by atoms with Crippen LogP contribution in [0.5, 0.6) is 5.88 Å². The lowest BCUT2D eigenvalue weighted by atomic mass is 10.1. The molecule has 3 heterocycles. The van der Waals surface area contributed by atoms with Gasteiger partial charge in [-0.3, -0.25) is 24.0 Å². The number of benzene rings is 1. The fourth-order valence-electron chi connectivity index (χ4n) is 6.03. The minimum atomic E-state index is -3.26. The number of rotatable bonds is 13. The maximum atomic E-state index is 14.5. The molecule has 276 valence electrons. The molecular formula is C33H41F2N7O9. The summed E-state index contributed by atoms with van der Waals surface area (Å²) in [6.07, 6.45) is -0.435. The Bertz CT molecular complexity index is 1630. The number of alkyl halides is 2. The summed E-state index contributed by atoms with van der Waals surface area (Å²) < 4.78 is 41.0. The van der Waals surface area contributed by atoms with Crippen molar-refractivity contribution >= 4 is 35.7 Å². The first kappa shape index (κ1) is 37.0. The molecule has 2 aliphatic heterocycles. The van der Waals surface area contributed by atoms with Crippen LogP contribution in [0.15, 0.2) is 36.4 Å². The minimum absolute atomic E-state index is 0.0368. The molecular weight excluding hydrogens is 676 g/mol. The zero-order chi connectivity index (χ0) is 36.9. The fraction of sp³-hybridized carbons (Fsp3) is 0.545. The van der Waals surface area contributed by atoms with E-state index in [1.165, 1.54) is 32.5 Å². The second kappa shape index (κ2) is 15.7. The van der Waals surface area contributed by atoms with Gasteiger partial charge in [0.2, 0.25) is 17.7 Å². The number of hydrogen-bond donors (Lipinski definition) is 2. The number of para-hydroxylation sites is 1. The van der Waals surface area contributed by atoms with E-state index in [-0.39, 0.29) is 56.8 Å². The van der Waals surface area contributed by atoms with Crippen molar-refractivity contribution in [2.45, 2.75) is 63.1 Å². The van der Waals surface area contributed by atoms with Gasteiger partial charge in [-0.15, -0.1) is 0 Å². The van der Waals surface area contributed by atoms with Gasteiger partial charge >= 0.3 is 12.1 Å². The molecule has 2 saturated heterocycles. The zero-order valence-corrected chi connectivity index (χ0v) is 28.3. The molecule has 0 spiro atoms. The van der Waals surface area contributed by atoms with Gasteiger partial charge < -0.3 is 39.5 Å². The average molecular weight is 718 g/mol. The maximum absolute atomic E-state index is 14.5. The number of ether oxygens (including phenoxy) is 2. The number of carbonyl (C=O) groups excluding carboxylic acids is 5. The van der Waals surface area contributed by atoms with Crippen molar-refractivity contribution in [1.82, 2.24) is 34.7 Å². The van der Waals surface area contributed by atoms with Crippen molar-refractivity contribution in [3.8, 4) is 11.6 Å². The van der Waals surface area contributed by atoms with Gasteiger partial charge in [0.1, 0.15) is 12.1 Å². The number of aliphatic carboxylic acids is 1. The van der Waals surface area contributed by atoms with Crippen LogP contribution < -0.4 is 10.1 Å². The summed E-state index contributed by atoms with van der Waals surface area (Å²) in [5.41, 5.74) is 0.178. The Labute approximate surface area is 292 Å². The monoisotopic (exact) mass is 717 g/mol. The van der Waals surface area contributed by atoms with E-state index in [2.05, 4.69) is 10.4 Å². The Kier molecular flexibility index (Phi) is 11.4. The molecule has 1 aromatic heterocycles. The van der Waals surface area contributed by atoms with Gasteiger partial charge in [0.25, 0.3) is 17.7 Å². The van der Waals surface area contributed by atoms with Gasteiger partial charge in [-0.05, 0) is 38.3 Å². The Morgan fingerprint density at radius 1 is 1.06 bits per heavy atom. The zero-order valence-electron chi connectivity index (χ0n) is 28.3. The van der Waals surface area contributed by atoms with Crippen molar-refractivity contribution in [3.63, 3.8) is 0 Å². The highest BCUT2D eigenvalue weighted by atomic mass is 19.3. The van der Waals surface area contributed by atoms with Crippen LogP contribution in [0.1, 0.15) is 49.5 Å². The topological polar surface area (TPSA) is 184 Å². The normalized spacial score (nSPS) is 18.9. The van der Waals surface area contributed by atoms with Crippen molar-refractivity contribution < 1.29 is 52.1 Å². The Morgan fingerprint density at radius 2 is 1.73 bits per heavy atom. The number of carbonyl (C=O) groups is 6. The number of piperazine rings is 1. The molecule has 1 aromatic carbocycles. The number of amides is 5. The summed E-state index contributed by atoms with van der Waals surface area (Å²) in [6, 6.07) is 6.95. The highest BCUT2D eigenvalue weighted by molar-refractivity contribution is 5.96. The van der Waals surface area contributed by atoms with Gasteiger partial charge in [-0.1, -0.05) is 18.2 Å². The third-order valence-electron chi connectivity index (χ3n) is 8.94. The lowest BCUT2D eigenvalue weighted by Crippen LogP contribution is -2.56. The molecule has 2 aromatic rings. The lowest BCUT2D eigenvalue weighted by Gasteiger charge is -2.35. The number of hydrogen-bond acceptors (Lipinski definition) is 9. The summed E-state index contributed by atoms with van der Waals surface area (Å²) in [5.74, 6) is -7.36. The first-order chi connectivity index (χ1) is 24.3. The van der Waals surface area contributed by atoms with E-state index in [0.717, 1.165) is 17.7 Å². The van der Waals surface area contributed by atoms with Crippen LogP contribution >= 0.6 is 0 Å². The summed E-state index contributed by atoms with van der Waals surface area (Å²) in [5, 5.41) is 16.2. The molecule has 3 aliphatic rings. The van der Waals surface area contributed by atoms with Crippen LogP contribution in [0.3, 0.4) is 0 Å². The Hall–Kier alpha value is -5.29. The molecule has 1 saturated carbocycles. The molecule has 18 heteroatoms. The predicted molar refractivity (Wildman–Crippen MR) is 173 cm³/mol. The van der Waals surface area contributed by atoms with Crippen molar-refractivity contribution in [3.05, 3.63) is 42.1 Å². The smallest absolute Gasteiger partial charge is 0.409 e. The average Bonchev–Trinajstić information content (AvgIpc) is 3.79. The quantitative estimate of drug-likeness (QED) is 0.307. The lowest BCUT2D eigenvalue weighted by molar-refractivity contribution is -0.144. The van der Waals surface area contributed by atoms with Crippen molar-refractivity contribution in [2.75, 3.05) is 53.0 Å². The largest absolute Gasteiger partial charge is 0.481 e. The molecule has 0 radical (unpaired) electrons. The molecule has 2 atom stereocenters. The number of carboxylic acid groups (broad SMARTS) is 1. The van der Waals surface area contributed by atoms with E-state index in [0.29, 0.717) is 5.69 Å². The molecule has 0 bridgehead atoms. The van der Waals surface area contributed by atoms with Crippen LogP contribution in [0.2, 0.25) is 0 Å². The minimum Gasteiger partial charge on any atom is -0.481 e. The van der Waals surface area contributed by atoms with E-state index in [4.69, 9.17) is 9.47 Å². The van der Waals surface area contributed by atoms with E-state index in [9.17, 15) is 42.7 Å². The van der Waals surface area contributed by atoms with Gasteiger partial charge in [0.05, 0.1) is 18.8 Å². The van der Waals surface area contributed by atoms with Crippen LogP contribution in [0.4, 0.5) is 13.6 Å². The van der Waals surface area contributed by atoms with Gasteiger partial charge in [0.15, 0.2) is 12.3 Å². The molecule has 51 heavy (non-hydrogen) atoms. The highest BCUT2D eigenvalue weighted by Crippen LogP contribution is 2.35. The molecule has 16 nitrogen and oxygen atoms in total. The van der Waals surface area contributed by atoms with Crippen LogP contribution in [0, 0.1) is 0 Å². The van der Waals surface area contributed by atoms with Crippen molar-refractivity contribution in [2.24, 2.45) is 0 Å². The molecule has 5 rings (SSSR count). The number of halogens is 2. The summed E-state index contributed by atoms with van der Waals surface area (Å²) in [6.45, 7) is 0.830. The van der Waals surface area contributed by atoms with E-state index < -0.39 is 79.7 Å². The Morgan fingerprint density at radius 3 is 2.35 bits per heavy atom. The van der Waals surface area contributed by atoms with E-state index in [1.54, 1.807) is 37.3 Å². The Balaban J connectivity index is 1.31. The summed E-state index contributed by atoms with van der Waals surface area (Å²) >= 11 is 0. The predicted octanol–water partition coefficient (Wildman–Crippen LogP) is 1.37. The third-order valence-corrected chi connectivity index (χ3v) is 8.94. The molecule has 0 unspecified atom stereocenters. The maximum Gasteiger partial charge on any atom is 0.409 e. The number of likely N-dealkylation sites (N-methyl/N-ethyl adjacent to an activating group) is 1. The number of nitrogens with one attached hydrogen (secondary N) is 1. The highest BCUT2D eigenvalue weighted by Gasteiger charge is 2.51.